The molecule has 8 heteroatoms. The van der Waals surface area contributed by atoms with Crippen molar-refractivity contribution < 1.29 is 19.5 Å². The smallest absolute Gasteiger partial charge is 0.248 e. The third-order valence-corrected chi connectivity index (χ3v) is 11.5. The molecule has 0 radical (unpaired) electrons. The number of amides is 3. The van der Waals surface area contributed by atoms with Gasteiger partial charge in [-0.2, -0.15) is 0 Å². The Kier molecular flexibility index (Phi) is 7.64. The van der Waals surface area contributed by atoms with E-state index < -0.39 is 28.7 Å². The SMILES string of the molecule is O=C(Nc1ccc2ccccc2c1)C1N([C@@H](CO)Cc2ccccc2)C(=O)[C@@H]2[C@H](C(=O)NCc3ccccc3)[C@@H]3CCC12S3. The van der Waals surface area contributed by atoms with Crippen molar-refractivity contribution in [1.29, 1.82) is 0 Å². The fourth-order valence-corrected chi connectivity index (χ4v) is 9.81. The van der Waals surface area contributed by atoms with Gasteiger partial charge in [0, 0.05) is 17.5 Å². The van der Waals surface area contributed by atoms with Crippen LogP contribution in [-0.4, -0.2) is 56.4 Å². The number of thioether (sulfide) groups is 1. The molecule has 44 heavy (non-hydrogen) atoms. The Balaban J connectivity index is 1.22. The van der Waals surface area contributed by atoms with Crippen molar-refractivity contribution in [1.82, 2.24) is 10.2 Å². The van der Waals surface area contributed by atoms with E-state index in [0.29, 0.717) is 25.1 Å². The molecule has 4 aromatic carbocycles. The number of nitrogens with zero attached hydrogens (tertiary/aromatic N) is 1. The molecule has 2 bridgehead atoms. The first-order valence-electron chi connectivity index (χ1n) is 15.2. The van der Waals surface area contributed by atoms with Crippen LogP contribution in [0.1, 0.15) is 24.0 Å². The molecule has 224 valence electrons. The fraction of sp³-hybridized carbons (Fsp3) is 0.306. The Morgan fingerprint density at radius 2 is 1.57 bits per heavy atom. The van der Waals surface area contributed by atoms with Crippen LogP contribution in [-0.2, 0) is 27.3 Å². The van der Waals surface area contributed by atoms with Crippen molar-refractivity contribution in [2.75, 3.05) is 11.9 Å². The number of hydrogen-bond acceptors (Lipinski definition) is 5. The quantitative estimate of drug-likeness (QED) is 0.255. The maximum absolute atomic E-state index is 14.5. The van der Waals surface area contributed by atoms with Gasteiger partial charge in [-0.1, -0.05) is 91.0 Å². The van der Waals surface area contributed by atoms with Crippen LogP contribution in [0, 0.1) is 11.8 Å². The number of carbonyl (C=O) groups is 3. The Morgan fingerprint density at radius 3 is 2.30 bits per heavy atom. The number of aliphatic hydroxyl groups excluding tert-OH is 1. The zero-order valence-electron chi connectivity index (χ0n) is 24.3. The summed E-state index contributed by atoms with van der Waals surface area (Å²) in [5.41, 5.74) is 2.61. The van der Waals surface area contributed by atoms with Crippen LogP contribution in [0.3, 0.4) is 0 Å². The van der Waals surface area contributed by atoms with E-state index in [1.165, 1.54) is 0 Å². The number of anilines is 1. The van der Waals surface area contributed by atoms with Crippen LogP contribution in [0.5, 0.6) is 0 Å². The summed E-state index contributed by atoms with van der Waals surface area (Å²) in [7, 11) is 0. The predicted octanol–water partition coefficient (Wildman–Crippen LogP) is 4.79. The molecular formula is C36H35N3O4S. The van der Waals surface area contributed by atoms with E-state index in [4.69, 9.17) is 0 Å². The molecule has 0 aromatic heterocycles. The zero-order chi connectivity index (χ0) is 30.3. The van der Waals surface area contributed by atoms with Crippen LogP contribution in [0.2, 0.25) is 0 Å². The summed E-state index contributed by atoms with van der Waals surface area (Å²) >= 11 is 1.63. The van der Waals surface area contributed by atoms with Crippen molar-refractivity contribution in [3.05, 3.63) is 114 Å². The average Bonchev–Trinajstić information content (AvgIpc) is 3.71. The average molecular weight is 606 g/mol. The van der Waals surface area contributed by atoms with Gasteiger partial charge in [-0.25, -0.2) is 0 Å². The first kappa shape index (κ1) is 28.6. The van der Waals surface area contributed by atoms with E-state index in [1.54, 1.807) is 16.7 Å². The number of rotatable bonds is 9. The third kappa shape index (κ3) is 4.96. The number of benzene rings is 4. The number of likely N-dealkylation sites (tertiary alicyclic amines) is 1. The van der Waals surface area contributed by atoms with Gasteiger partial charge in [-0.15, -0.1) is 11.8 Å². The lowest BCUT2D eigenvalue weighted by atomic mass is 9.70. The highest BCUT2D eigenvalue weighted by molar-refractivity contribution is 8.02. The highest BCUT2D eigenvalue weighted by Gasteiger charge is 2.74. The highest BCUT2D eigenvalue weighted by Crippen LogP contribution is 2.66. The van der Waals surface area contributed by atoms with Gasteiger partial charge in [0.2, 0.25) is 17.7 Å². The topological polar surface area (TPSA) is 98.7 Å². The van der Waals surface area contributed by atoms with E-state index in [9.17, 15) is 19.5 Å². The summed E-state index contributed by atoms with van der Waals surface area (Å²) in [6.07, 6.45) is 1.83. The number of aliphatic hydroxyl groups is 1. The number of nitrogens with one attached hydrogen (secondary N) is 2. The molecule has 3 aliphatic rings. The summed E-state index contributed by atoms with van der Waals surface area (Å²) in [6, 6.07) is 31.7. The number of hydrogen-bond donors (Lipinski definition) is 3. The van der Waals surface area contributed by atoms with Crippen molar-refractivity contribution in [2.45, 2.75) is 47.9 Å². The molecule has 3 amide bonds. The summed E-state index contributed by atoms with van der Waals surface area (Å²) in [4.78, 5) is 44.3. The summed E-state index contributed by atoms with van der Waals surface area (Å²) in [5.74, 6) is -1.82. The van der Waals surface area contributed by atoms with Crippen LogP contribution in [0.15, 0.2) is 103 Å². The lowest BCUT2D eigenvalue weighted by Crippen LogP contribution is -2.55. The molecule has 0 aliphatic carbocycles. The Morgan fingerprint density at radius 1 is 0.886 bits per heavy atom. The summed E-state index contributed by atoms with van der Waals surface area (Å²) < 4.78 is -0.748. The minimum absolute atomic E-state index is 0.0421. The predicted molar refractivity (Wildman–Crippen MR) is 173 cm³/mol. The van der Waals surface area contributed by atoms with E-state index in [0.717, 1.165) is 28.3 Å². The van der Waals surface area contributed by atoms with Gasteiger partial charge >= 0.3 is 0 Å². The van der Waals surface area contributed by atoms with Crippen LogP contribution < -0.4 is 10.6 Å². The van der Waals surface area contributed by atoms with Crippen molar-refractivity contribution in [3.8, 4) is 0 Å². The third-order valence-electron chi connectivity index (χ3n) is 9.53. The van der Waals surface area contributed by atoms with Gasteiger partial charge in [0.15, 0.2) is 0 Å². The van der Waals surface area contributed by atoms with Gasteiger partial charge in [0.1, 0.15) is 6.04 Å². The van der Waals surface area contributed by atoms with Gasteiger partial charge in [-0.05, 0) is 53.3 Å². The molecule has 3 fully saturated rings. The van der Waals surface area contributed by atoms with Gasteiger partial charge < -0.3 is 20.6 Å². The first-order chi connectivity index (χ1) is 21.5. The number of fused-ring (bicyclic) bond motifs is 2. The van der Waals surface area contributed by atoms with E-state index in [2.05, 4.69) is 10.6 Å². The van der Waals surface area contributed by atoms with Gasteiger partial charge in [0.05, 0.1) is 29.2 Å². The van der Waals surface area contributed by atoms with Crippen molar-refractivity contribution in [3.63, 3.8) is 0 Å². The first-order valence-corrected chi connectivity index (χ1v) is 16.1. The van der Waals surface area contributed by atoms with Gasteiger partial charge in [-0.3, -0.25) is 14.4 Å². The standard InChI is InChI=1S/C36H35N3O4S/c40-22-28(19-23-9-3-1-4-10-23)39-32(34(42)38-27-16-15-25-13-7-8-14-26(25)20-27)36-18-17-29(44-36)30(31(36)35(39)43)33(41)37-21-24-11-5-2-6-12-24/h1-16,20,28-32,40H,17-19,21-22H2,(H,37,41)(H,38,42)/t28-,29+,30-,31+,32?,36?/m1/s1. The molecule has 7 nitrogen and oxygen atoms in total. The maximum Gasteiger partial charge on any atom is 0.248 e. The largest absolute Gasteiger partial charge is 0.394 e. The second-order valence-corrected chi connectivity index (χ2v) is 13.7. The Hall–Kier alpha value is -4.14. The number of carbonyl (C=O) groups excluding carboxylic acids is 3. The zero-order valence-corrected chi connectivity index (χ0v) is 25.1. The van der Waals surface area contributed by atoms with Crippen molar-refractivity contribution >= 4 is 45.9 Å². The van der Waals surface area contributed by atoms with E-state index >= 15 is 0 Å². The highest BCUT2D eigenvalue weighted by atomic mass is 32.2. The molecule has 2 unspecified atom stereocenters. The molecular weight excluding hydrogens is 570 g/mol. The lowest BCUT2D eigenvalue weighted by Gasteiger charge is -2.37. The minimum atomic E-state index is -0.825. The molecule has 0 saturated carbocycles. The second-order valence-electron chi connectivity index (χ2n) is 12.1. The molecule has 7 rings (SSSR count). The van der Waals surface area contributed by atoms with Crippen LogP contribution in [0.25, 0.3) is 10.8 Å². The minimum Gasteiger partial charge on any atom is -0.394 e. The summed E-state index contributed by atoms with van der Waals surface area (Å²) in [6.45, 7) is 0.0898. The van der Waals surface area contributed by atoms with Crippen LogP contribution in [0.4, 0.5) is 5.69 Å². The monoisotopic (exact) mass is 605 g/mol. The normalized spacial score (nSPS) is 26.0. The van der Waals surface area contributed by atoms with E-state index in [1.807, 2.05) is 103 Å². The molecule has 6 atom stereocenters. The fourth-order valence-electron chi connectivity index (χ4n) is 7.60. The molecule has 3 heterocycles. The summed E-state index contributed by atoms with van der Waals surface area (Å²) in [5, 5.41) is 18.9. The molecule has 1 spiro atoms. The second kappa shape index (κ2) is 11.7. The lowest BCUT2D eigenvalue weighted by molar-refractivity contribution is -0.142. The van der Waals surface area contributed by atoms with Gasteiger partial charge in [0.25, 0.3) is 0 Å². The molecule has 3 saturated heterocycles. The van der Waals surface area contributed by atoms with Crippen molar-refractivity contribution in [2.24, 2.45) is 11.8 Å². The molecule has 3 aliphatic heterocycles. The van der Waals surface area contributed by atoms with Crippen LogP contribution >= 0.6 is 11.8 Å². The Bertz CT molecular complexity index is 1700. The molecule has 3 N–H and O–H groups in total. The van der Waals surface area contributed by atoms with E-state index in [-0.39, 0.29) is 29.6 Å². The molecule has 4 aromatic rings. The maximum atomic E-state index is 14.5. The Labute approximate surface area is 261 Å².